The Bertz CT molecular complexity index is 421. The van der Waals surface area contributed by atoms with E-state index in [9.17, 15) is 0 Å². The summed E-state index contributed by atoms with van der Waals surface area (Å²) in [7, 11) is 0. The third kappa shape index (κ3) is 0.961. The van der Waals surface area contributed by atoms with Gasteiger partial charge in [-0.15, -0.1) is 0 Å². The molecule has 0 saturated carbocycles. The summed E-state index contributed by atoms with van der Waals surface area (Å²) >= 11 is 0. The normalized spacial score (nSPS) is 10.5. The van der Waals surface area contributed by atoms with Gasteiger partial charge in [-0.2, -0.15) is 10.2 Å². The Morgan fingerprint density at radius 3 is 2.75 bits per heavy atom. The van der Waals surface area contributed by atoms with E-state index in [2.05, 4.69) is 30.1 Å². The molecule has 0 aliphatic rings. The third-order valence-corrected chi connectivity index (χ3v) is 2.24. The fourth-order valence-corrected chi connectivity index (χ4v) is 1.32. The number of hydrogen-bond acceptors (Lipinski definition) is 2. The van der Waals surface area contributed by atoms with Gasteiger partial charge in [0.2, 0.25) is 0 Å². The second-order valence-corrected chi connectivity index (χ2v) is 2.97. The molecule has 0 spiro atoms. The standard InChI is InChI=1S/C10H10N2/c1-7-3-4-10-9(8(7)2)5-6-11-12-10/h3-6H,1-2H3. The van der Waals surface area contributed by atoms with E-state index < -0.39 is 0 Å². The average molecular weight is 158 g/mol. The molecule has 0 aliphatic carbocycles. The van der Waals surface area contributed by atoms with Crippen molar-refractivity contribution < 1.29 is 0 Å². The molecular weight excluding hydrogens is 148 g/mol. The average Bonchev–Trinajstić information content (AvgIpc) is 2.12. The third-order valence-electron chi connectivity index (χ3n) is 2.24. The molecule has 12 heavy (non-hydrogen) atoms. The lowest BCUT2D eigenvalue weighted by atomic mass is 10.1. The van der Waals surface area contributed by atoms with Gasteiger partial charge in [-0.25, -0.2) is 0 Å². The first-order valence-electron chi connectivity index (χ1n) is 3.96. The van der Waals surface area contributed by atoms with Gasteiger partial charge in [0.05, 0.1) is 11.7 Å². The lowest BCUT2D eigenvalue weighted by molar-refractivity contribution is 1.07. The Morgan fingerprint density at radius 1 is 1.08 bits per heavy atom. The molecule has 60 valence electrons. The molecule has 0 aliphatic heterocycles. The fourth-order valence-electron chi connectivity index (χ4n) is 1.32. The summed E-state index contributed by atoms with van der Waals surface area (Å²) < 4.78 is 0. The van der Waals surface area contributed by atoms with E-state index in [4.69, 9.17) is 0 Å². The van der Waals surface area contributed by atoms with Crippen LogP contribution < -0.4 is 0 Å². The minimum Gasteiger partial charge on any atom is -0.159 e. The van der Waals surface area contributed by atoms with Crippen LogP contribution in [0.25, 0.3) is 10.9 Å². The molecule has 2 heteroatoms. The first-order chi connectivity index (χ1) is 5.79. The first kappa shape index (κ1) is 7.22. The van der Waals surface area contributed by atoms with Gasteiger partial charge in [0.25, 0.3) is 0 Å². The monoisotopic (exact) mass is 158 g/mol. The number of aryl methyl sites for hydroxylation is 2. The molecule has 1 heterocycles. The van der Waals surface area contributed by atoms with Crippen LogP contribution in [0.15, 0.2) is 24.4 Å². The number of hydrogen-bond donors (Lipinski definition) is 0. The van der Waals surface area contributed by atoms with Gasteiger partial charge in [0, 0.05) is 5.39 Å². The second kappa shape index (κ2) is 2.55. The van der Waals surface area contributed by atoms with Crippen molar-refractivity contribution in [1.29, 1.82) is 0 Å². The predicted molar refractivity (Wildman–Crippen MR) is 49.0 cm³/mol. The Kier molecular flexibility index (Phi) is 1.54. The van der Waals surface area contributed by atoms with E-state index in [1.54, 1.807) is 6.20 Å². The lowest BCUT2D eigenvalue weighted by Crippen LogP contribution is -1.87. The van der Waals surface area contributed by atoms with E-state index in [0.717, 1.165) is 5.52 Å². The number of rotatable bonds is 0. The molecule has 2 rings (SSSR count). The largest absolute Gasteiger partial charge is 0.159 e. The number of nitrogens with zero attached hydrogens (tertiary/aromatic N) is 2. The zero-order chi connectivity index (χ0) is 8.55. The van der Waals surface area contributed by atoms with Crippen molar-refractivity contribution >= 4 is 10.9 Å². The molecule has 0 unspecified atom stereocenters. The lowest BCUT2D eigenvalue weighted by Gasteiger charge is -2.02. The molecule has 0 amide bonds. The SMILES string of the molecule is Cc1ccc2nnccc2c1C. The van der Waals surface area contributed by atoms with Crippen LogP contribution in [0, 0.1) is 13.8 Å². The van der Waals surface area contributed by atoms with Gasteiger partial charge in [-0.1, -0.05) is 6.07 Å². The molecule has 1 aromatic carbocycles. The Morgan fingerprint density at radius 2 is 1.92 bits per heavy atom. The summed E-state index contributed by atoms with van der Waals surface area (Å²) in [4.78, 5) is 0. The van der Waals surface area contributed by atoms with Crippen LogP contribution in [0.1, 0.15) is 11.1 Å². The van der Waals surface area contributed by atoms with Crippen LogP contribution in [-0.2, 0) is 0 Å². The number of fused-ring (bicyclic) bond motifs is 1. The van der Waals surface area contributed by atoms with Crippen molar-refractivity contribution in [3.8, 4) is 0 Å². The van der Waals surface area contributed by atoms with Crippen LogP contribution in [-0.4, -0.2) is 10.2 Å². The van der Waals surface area contributed by atoms with Crippen molar-refractivity contribution in [3.63, 3.8) is 0 Å². The molecule has 0 fully saturated rings. The van der Waals surface area contributed by atoms with Gasteiger partial charge in [-0.3, -0.25) is 0 Å². The molecule has 0 N–H and O–H groups in total. The Balaban J connectivity index is 2.91. The van der Waals surface area contributed by atoms with Crippen LogP contribution in [0.5, 0.6) is 0 Å². The highest BCUT2D eigenvalue weighted by Crippen LogP contribution is 2.17. The molecule has 0 saturated heterocycles. The van der Waals surface area contributed by atoms with E-state index in [1.165, 1.54) is 16.5 Å². The molecule has 0 radical (unpaired) electrons. The van der Waals surface area contributed by atoms with Gasteiger partial charge >= 0.3 is 0 Å². The van der Waals surface area contributed by atoms with Gasteiger partial charge in [0.15, 0.2) is 0 Å². The molecule has 2 aromatic rings. The molecular formula is C10H10N2. The molecule has 0 atom stereocenters. The summed E-state index contributed by atoms with van der Waals surface area (Å²) in [6.45, 7) is 4.22. The van der Waals surface area contributed by atoms with Crippen molar-refractivity contribution in [2.24, 2.45) is 0 Å². The van der Waals surface area contributed by atoms with Gasteiger partial charge in [-0.05, 0) is 37.1 Å². The van der Waals surface area contributed by atoms with Crippen molar-refractivity contribution in [2.75, 3.05) is 0 Å². The van der Waals surface area contributed by atoms with Crippen LogP contribution >= 0.6 is 0 Å². The number of benzene rings is 1. The zero-order valence-electron chi connectivity index (χ0n) is 7.20. The fraction of sp³-hybridized carbons (Fsp3) is 0.200. The number of aromatic nitrogens is 2. The summed E-state index contributed by atoms with van der Waals surface area (Å²) in [6.07, 6.45) is 1.73. The van der Waals surface area contributed by atoms with Gasteiger partial charge in [0.1, 0.15) is 0 Å². The smallest absolute Gasteiger partial charge is 0.0932 e. The molecule has 1 aromatic heterocycles. The first-order valence-corrected chi connectivity index (χ1v) is 3.96. The van der Waals surface area contributed by atoms with Crippen LogP contribution in [0.3, 0.4) is 0 Å². The molecule has 2 nitrogen and oxygen atoms in total. The van der Waals surface area contributed by atoms with E-state index in [0.29, 0.717) is 0 Å². The summed E-state index contributed by atoms with van der Waals surface area (Å²) in [5.41, 5.74) is 3.57. The quantitative estimate of drug-likeness (QED) is 0.587. The second-order valence-electron chi connectivity index (χ2n) is 2.97. The topological polar surface area (TPSA) is 25.8 Å². The highest BCUT2D eigenvalue weighted by atomic mass is 15.1. The maximum atomic E-state index is 4.03. The summed E-state index contributed by atoms with van der Waals surface area (Å²) in [5, 5.41) is 9.07. The predicted octanol–water partition coefficient (Wildman–Crippen LogP) is 2.25. The minimum absolute atomic E-state index is 0.973. The van der Waals surface area contributed by atoms with Crippen molar-refractivity contribution in [3.05, 3.63) is 35.5 Å². The van der Waals surface area contributed by atoms with Crippen molar-refractivity contribution in [1.82, 2.24) is 10.2 Å². The zero-order valence-corrected chi connectivity index (χ0v) is 7.20. The van der Waals surface area contributed by atoms with E-state index >= 15 is 0 Å². The van der Waals surface area contributed by atoms with Crippen LogP contribution in [0.2, 0.25) is 0 Å². The Hall–Kier alpha value is -1.44. The van der Waals surface area contributed by atoms with Gasteiger partial charge < -0.3 is 0 Å². The maximum Gasteiger partial charge on any atom is 0.0932 e. The molecule has 0 bridgehead atoms. The highest BCUT2D eigenvalue weighted by Gasteiger charge is 1.99. The van der Waals surface area contributed by atoms with Crippen molar-refractivity contribution in [2.45, 2.75) is 13.8 Å². The van der Waals surface area contributed by atoms with E-state index in [1.807, 2.05) is 12.1 Å². The van der Waals surface area contributed by atoms with Crippen LogP contribution in [0.4, 0.5) is 0 Å². The summed E-state index contributed by atoms with van der Waals surface area (Å²) in [6, 6.07) is 6.09. The highest BCUT2D eigenvalue weighted by molar-refractivity contribution is 5.82. The Labute approximate surface area is 71.3 Å². The maximum absolute atomic E-state index is 4.03. The minimum atomic E-state index is 0.973. The summed E-state index contributed by atoms with van der Waals surface area (Å²) in [5.74, 6) is 0. The van der Waals surface area contributed by atoms with E-state index in [-0.39, 0.29) is 0 Å².